The van der Waals surface area contributed by atoms with Crippen molar-refractivity contribution < 1.29 is 71.1 Å². The molecule has 6 heteroatoms. The molecule has 0 aliphatic carbocycles. The maximum absolute atomic E-state index is 10.4. The number of unbranched alkanes of at least 4 members (excludes halogenated alkanes) is 2. The van der Waals surface area contributed by atoms with Gasteiger partial charge in [-0.1, -0.05) is 26.2 Å². The van der Waals surface area contributed by atoms with Crippen molar-refractivity contribution >= 4 is 11.9 Å². The van der Waals surface area contributed by atoms with E-state index >= 15 is 0 Å². The van der Waals surface area contributed by atoms with Gasteiger partial charge in [0.15, 0.2) is 5.92 Å². The molecule has 0 bridgehead atoms. The largest absolute Gasteiger partial charge is 1.00 e. The smallest absolute Gasteiger partial charge is 1.00 e. The van der Waals surface area contributed by atoms with E-state index in [0.29, 0.717) is 6.42 Å². The molecular formula is C8H16LiNaO4. The van der Waals surface area contributed by atoms with E-state index in [1.54, 1.807) is 0 Å². The van der Waals surface area contributed by atoms with Gasteiger partial charge in [0.1, 0.15) is 0 Å². The first-order chi connectivity index (χ1) is 5.59. The van der Waals surface area contributed by atoms with E-state index in [1.807, 2.05) is 6.92 Å². The molecule has 0 amide bonds. The second-order valence-corrected chi connectivity index (χ2v) is 2.72. The predicted molar refractivity (Wildman–Crippen MR) is 45.1 cm³/mol. The molecule has 0 unspecified atom stereocenters. The Balaban J connectivity index is -0.000000101. The van der Waals surface area contributed by atoms with Crippen molar-refractivity contribution in [1.29, 1.82) is 0 Å². The van der Waals surface area contributed by atoms with Crippen LogP contribution in [0.2, 0.25) is 0 Å². The van der Waals surface area contributed by atoms with Crippen LogP contribution in [0.4, 0.5) is 0 Å². The van der Waals surface area contributed by atoms with Gasteiger partial charge in [0, 0.05) is 0 Å². The minimum absolute atomic E-state index is 0. The SMILES string of the molecule is CCCCCC(C(=O)O)C(=O)O.[H-].[H-].[Li+].[Na+]. The number of hydrogen-bond donors (Lipinski definition) is 2. The molecule has 0 rings (SSSR count). The summed E-state index contributed by atoms with van der Waals surface area (Å²) in [6.07, 6.45) is 2.75. The van der Waals surface area contributed by atoms with Gasteiger partial charge in [0.2, 0.25) is 0 Å². The van der Waals surface area contributed by atoms with Gasteiger partial charge < -0.3 is 13.1 Å². The monoisotopic (exact) mass is 206 g/mol. The summed E-state index contributed by atoms with van der Waals surface area (Å²) < 4.78 is 0. The third-order valence-electron chi connectivity index (χ3n) is 1.69. The zero-order valence-electron chi connectivity index (χ0n) is 11.1. The third-order valence-corrected chi connectivity index (χ3v) is 1.69. The van der Waals surface area contributed by atoms with Crippen molar-refractivity contribution in [3.05, 3.63) is 0 Å². The first kappa shape index (κ1) is 20.0. The molecule has 0 radical (unpaired) electrons. The van der Waals surface area contributed by atoms with Crippen LogP contribution in [0, 0.1) is 5.92 Å². The molecule has 0 heterocycles. The second-order valence-electron chi connectivity index (χ2n) is 2.72. The average molecular weight is 206 g/mol. The molecule has 0 aliphatic heterocycles. The Morgan fingerprint density at radius 3 is 1.93 bits per heavy atom. The summed E-state index contributed by atoms with van der Waals surface area (Å²) in [5.41, 5.74) is 0. The van der Waals surface area contributed by atoms with Crippen molar-refractivity contribution in [2.75, 3.05) is 0 Å². The van der Waals surface area contributed by atoms with Crippen LogP contribution in [-0.4, -0.2) is 22.2 Å². The van der Waals surface area contributed by atoms with Gasteiger partial charge in [0.05, 0.1) is 0 Å². The van der Waals surface area contributed by atoms with Crippen LogP contribution in [0.25, 0.3) is 0 Å². The Morgan fingerprint density at radius 2 is 1.64 bits per heavy atom. The number of carboxylic acid groups (broad SMARTS) is 2. The molecule has 0 atom stereocenters. The Hall–Kier alpha value is 0.537. The molecular weight excluding hydrogens is 190 g/mol. The van der Waals surface area contributed by atoms with Crippen molar-refractivity contribution in [3.8, 4) is 0 Å². The summed E-state index contributed by atoms with van der Waals surface area (Å²) in [6.45, 7) is 1.98. The predicted octanol–water partition coefficient (Wildman–Crippen LogP) is -4.41. The van der Waals surface area contributed by atoms with Crippen molar-refractivity contribution in [3.63, 3.8) is 0 Å². The quantitative estimate of drug-likeness (QED) is 0.261. The van der Waals surface area contributed by atoms with E-state index in [4.69, 9.17) is 10.2 Å². The van der Waals surface area contributed by atoms with Crippen LogP contribution >= 0.6 is 0 Å². The first-order valence-corrected chi connectivity index (χ1v) is 4.05. The maximum atomic E-state index is 10.4. The molecule has 0 saturated heterocycles. The fraction of sp³-hybridized carbons (Fsp3) is 0.750. The summed E-state index contributed by atoms with van der Waals surface area (Å²) in [4.78, 5) is 20.7. The molecule has 0 spiro atoms. The molecule has 74 valence electrons. The summed E-state index contributed by atoms with van der Waals surface area (Å²) in [5.74, 6) is -3.70. The topological polar surface area (TPSA) is 74.6 Å². The molecule has 0 fully saturated rings. The van der Waals surface area contributed by atoms with Gasteiger partial charge in [-0.15, -0.1) is 0 Å². The fourth-order valence-corrected chi connectivity index (χ4v) is 0.951. The molecule has 2 N–H and O–H groups in total. The van der Waals surface area contributed by atoms with E-state index in [9.17, 15) is 9.59 Å². The number of hydrogen-bond acceptors (Lipinski definition) is 2. The van der Waals surface area contributed by atoms with Gasteiger partial charge >= 0.3 is 60.4 Å². The van der Waals surface area contributed by atoms with Crippen molar-refractivity contribution in [2.24, 2.45) is 5.92 Å². The van der Waals surface area contributed by atoms with Gasteiger partial charge in [-0.25, -0.2) is 0 Å². The normalized spacial score (nSPS) is 8.71. The third kappa shape index (κ3) is 9.11. The van der Waals surface area contributed by atoms with Gasteiger partial charge in [0.25, 0.3) is 0 Å². The van der Waals surface area contributed by atoms with Crippen LogP contribution in [0.1, 0.15) is 35.5 Å². The zero-order valence-corrected chi connectivity index (χ0v) is 11.1. The molecule has 0 aromatic rings. The van der Waals surface area contributed by atoms with Gasteiger partial charge in [-0.05, 0) is 6.42 Å². The van der Waals surface area contributed by atoms with Crippen LogP contribution in [-0.2, 0) is 9.59 Å². The molecule has 0 aromatic carbocycles. The minimum Gasteiger partial charge on any atom is -1.00 e. The summed E-state index contributed by atoms with van der Waals surface area (Å²) in [7, 11) is 0. The minimum atomic E-state index is -1.24. The maximum Gasteiger partial charge on any atom is 1.00 e. The average Bonchev–Trinajstić information content (AvgIpc) is 1.96. The van der Waals surface area contributed by atoms with Crippen LogP contribution < -0.4 is 48.4 Å². The molecule has 14 heavy (non-hydrogen) atoms. The number of carboxylic acids is 2. The molecule has 0 saturated carbocycles. The first-order valence-electron chi connectivity index (χ1n) is 4.05. The van der Waals surface area contributed by atoms with E-state index in [2.05, 4.69) is 0 Å². The number of aliphatic carboxylic acids is 2. The molecule has 0 aliphatic rings. The van der Waals surface area contributed by atoms with E-state index < -0.39 is 17.9 Å². The molecule has 0 aromatic heterocycles. The standard InChI is InChI=1S/C8H14O4.Li.Na.2H/c1-2-3-4-5-6(7(9)10)8(11)12;;;;/h6H,2-5H2,1H3,(H,9,10)(H,11,12);;;;/q;2*+1;2*-1. The Morgan fingerprint density at radius 1 is 1.21 bits per heavy atom. The fourth-order valence-electron chi connectivity index (χ4n) is 0.951. The van der Waals surface area contributed by atoms with E-state index in [-0.39, 0.29) is 57.7 Å². The Kier molecular flexibility index (Phi) is 16.6. The van der Waals surface area contributed by atoms with E-state index in [0.717, 1.165) is 12.8 Å². The van der Waals surface area contributed by atoms with Crippen LogP contribution in [0.5, 0.6) is 0 Å². The Labute approximate surface area is 121 Å². The van der Waals surface area contributed by atoms with Crippen LogP contribution in [0.3, 0.4) is 0 Å². The van der Waals surface area contributed by atoms with Gasteiger partial charge in [-0.3, -0.25) is 9.59 Å². The van der Waals surface area contributed by atoms with Crippen molar-refractivity contribution in [1.82, 2.24) is 0 Å². The summed E-state index contributed by atoms with van der Waals surface area (Å²) >= 11 is 0. The molecule has 4 nitrogen and oxygen atoms in total. The zero-order chi connectivity index (χ0) is 9.56. The van der Waals surface area contributed by atoms with Gasteiger partial charge in [-0.2, -0.15) is 0 Å². The summed E-state index contributed by atoms with van der Waals surface area (Å²) in [5, 5.41) is 16.9. The van der Waals surface area contributed by atoms with Crippen LogP contribution in [0.15, 0.2) is 0 Å². The number of carbonyl (C=O) groups is 2. The van der Waals surface area contributed by atoms with E-state index in [1.165, 1.54) is 0 Å². The Bertz CT molecular complexity index is 169. The number of rotatable bonds is 6. The summed E-state index contributed by atoms with van der Waals surface area (Å²) in [6, 6.07) is 0. The second kappa shape index (κ2) is 11.6. The van der Waals surface area contributed by atoms with Crippen molar-refractivity contribution in [2.45, 2.75) is 32.6 Å².